The number of thioether (sulfide) groups is 1. The number of nitrogens with one attached hydrogen (secondary N) is 2. The highest BCUT2D eigenvalue weighted by molar-refractivity contribution is 8.01. The number of nitrogens with zero attached hydrogens (tertiary/aromatic N) is 1. The largest absolute Gasteiger partial charge is 0.355 e. The number of aromatic nitrogens is 2. The highest BCUT2D eigenvalue weighted by Crippen LogP contribution is 2.20. The Morgan fingerprint density at radius 3 is 3.22 bits per heavy atom. The Bertz CT molecular complexity index is 492. The van der Waals surface area contributed by atoms with Gasteiger partial charge in [0.15, 0.2) is 8.29 Å². The Morgan fingerprint density at radius 2 is 2.56 bits per heavy atom. The number of hydrogen-bond donors (Lipinski definition) is 2. The van der Waals surface area contributed by atoms with Crippen molar-refractivity contribution in [2.24, 2.45) is 0 Å². The van der Waals surface area contributed by atoms with Gasteiger partial charge in [-0.25, -0.2) is 0 Å². The third-order valence-corrected chi connectivity index (χ3v) is 4.88. The van der Waals surface area contributed by atoms with Gasteiger partial charge in [-0.1, -0.05) is 34.7 Å². The van der Waals surface area contributed by atoms with Gasteiger partial charge in [0, 0.05) is 6.54 Å². The molecule has 0 radical (unpaired) electrons. The van der Waals surface area contributed by atoms with Crippen LogP contribution < -0.4 is 5.32 Å². The molecule has 0 atom stereocenters. The SMILES string of the molecule is O=C(CSc1n[nH]c(=S)s1)NCCC1=CCCC1. The summed E-state index contributed by atoms with van der Waals surface area (Å²) in [5.74, 6) is 0.453. The molecular weight excluding hydrogens is 286 g/mol. The third-order valence-electron chi connectivity index (χ3n) is 2.65. The smallest absolute Gasteiger partial charge is 0.230 e. The molecule has 1 aliphatic carbocycles. The van der Waals surface area contributed by atoms with Gasteiger partial charge in [-0.2, -0.15) is 5.10 Å². The summed E-state index contributed by atoms with van der Waals surface area (Å²) in [7, 11) is 0. The van der Waals surface area contributed by atoms with Crippen molar-refractivity contribution in [3.05, 3.63) is 15.6 Å². The Hall–Kier alpha value is -0.660. The molecular formula is C11H15N3OS3. The molecule has 18 heavy (non-hydrogen) atoms. The maximum absolute atomic E-state index is 11.6. The van der Waals surface area contributed by atoms with E-state index in [-0.39, 0.29) is 5.91 Å². The fraction of sp³-hybridized carbons (Fsp3) is 0.545. The van der Waals surface area contributed by atoms with E-state index in [1.807, 2.05) is 0 Å². The van der Waals surface area contributed by atoms with Gasteiger partial charge in [0.1, 0.15) is 0 Å². The fourth-order valence-electron chi connectivity index (χ4n) is 1.78. The molecule has 4 nitrogen and oxygen atoms in total. The van der Waals surface area contributed by atoms with Crippen LogP contribution in [-0.4, -0.2) is 28.4 Å². The molecule has 0 saturated heterocycles. The summed E-state index contributed by atoms with van der Waals surface area (Å²) < 4.78 is 1.46. The maximum atomic E-state index is 11.6. The van der Waals surface area contributed by atoms with Crippen LogP contribution in [0.5, 0.6) is 0 Å². The normalized spacial score (nSPS) is 14.6. The molecule has 1 aliphatic rings. The third kappa shape index (κ3) is 4.55. The summed E-state index contributed by atoms with van der Waals surface area (Å²) >= 11 is 7.74. The molecule has 2 rings (SSSR count). The van der Waals surface area contributed by atoms with Crippen molar-refractivity contribution >= 4 is 41.2 Å². The summed E-state index contributed by atoms with van der Waals surface area (Å²) in [5.41, 5.74) is 1.48. The topological polar surface area (TPSA) is 57.8 Å². The molecule has 0 fully saturated rings. The number of hydrogen-bond acceptors (Lipinski definition) is 5. The van der Waals surface area contributed by atoms with Gasteiger partial charge in [0.2, 0.25) is 5.91 Å². The molecule has 7 heteroatoms. The van der Waals surface area contributed by atoms with E-state index >= 15 is 0 Å². The average molecular weight is 301 g/mol. The van der Waals surface area contributed by atoms with Crippen molar-refractivity contribution in [3.8, 4) is 0 Å². The molecule has 2 N–H and O–H groups in total. The molecule has 0 saturated carbocycles. The van der Waals surface area contributed by atoms with Gasteiger partial charge in [-0.3, -0.25) is 9.89 Å². The van der Waals surface area contributed by atoms with Gasteiger partial charge in [-0.05, 0) is 37.9 Å². The van der Waals surface area contributed by atoms with Crippen LogP contribution in [0.3, 0.4) is 0 Å². The summed E-state index contributed by atoms with van der Waals surface area (Å²) in [6, 6.07) is 0. The number of rotatable bonds is 6. The minimum atomic E-state index is 0.0553. The first kappa shape index (κ1) is 13.8. The number of amides is 1. The number of H-pyrrole nitrogens is 1. The van der Waals surface area contributed by atoms with Gasteiger partial charge < -0.3 is 5.32 Å². The van der Waals surface area contributed by atoms with E-state index < -0.39 is 0 Å². The lowest BCUT2D eigenvalue weighted by Crippen LogP contribution is -2.26. The maximum Gasteiger partial charge on any atom is 0.230 e. The molecule has 0 unspecified atom stereocenters. The molecule has 1 aromatic heterocycles. The summed E-state index contributed by atoms with van der Waals surface area (Å²) in [6.45, 7) is 0.738. The van der Waals surface area contributed by atoms with Gasteiger partial charge >= 0.3 is 0 Å². The summed E-state index contributed by atoms with van der Waals surface area (Å²) in [4.78, 5) is 11.6. The highest BCUT2D eigenvalue weighted by atomic mass is 32.2. The monoisotopic (exact) mass is 301 g/mol. The van der Waals surface area contributed by atoms with E-state index in [4.69, 9.17) is 12.2 Å². The summed E-state index contributed by atoms with van der Waals surface area (Å²) in [6.07, 6.45) is 6.93. The van der Waals surface area contributed by atoms with Gasteiger partial charge in [0.05, 0.1) is 5.75 Å². The van der Waals surface area contributed by atoms with Crippen LogP contribution in [0.4, 0.5) is 0 Å². The number of carbonyl (C=O) groups excluding carboxylic acids is 1. The number of aromatic amines is 1. The van der Waals surface area contributed by atoms with Crippen LogP contribution in [0.25, 0.3) is 0 Å². The zero-order valence-corrected chi connectivity index (χ0v) is 12.3. The molecule has 1 heterocycles. The first-order chi connectivity index (χ1) is 8.74. The van der Waals surface area contributed by atoms with Crippen LogP contribution in [0.1, 0.15) is 25.7 Å². The molecule has 0 spiro atoms. The predicted molar refractivity (Wildman–Crippen MR) is 77.6 cm³/mol. The zero-order chi connectivity index (χ0) is 12.8. The molecule has 0 bridgehead atoms. The second-order valence-corrected chi connectivity index (χ2v) is 6.91. The van der Waals surface area contributed by atoms with Crippen LogP contribution in [-0.2, 0) is 4.79 Å². The van der Waals surface area contributed by atoms with Gasteiger partial charge in [0.25, 0.3) is 0 Å². The van der Waals surface area contributed by atoms with Crippen molar-refractivity contribution in [1.29, 1.82) is 0 Å². The van der Waals surface area contributed by atoms with E-state index in [0.717, 1.165) is 17.3 Å². The Balaban J connectivity index is 1.61. The molecule has 1 aromatic rings. The lowest BCUT2D eigenvalue weighted by atomic mass is 10.2. The van der Waals surface area contributed by atoms with Crippen molar-refractivity contribution in [3.63, 3.8) is 0 Å². The first-order valence-electron chi connectivity index (χ1n) is 5.87. The minimum Gasteiger partial charge on any atom is -0.355 e. The van der Waals surface area contributed by atoms with Crippen molar-refractivity contribution in [2.45, 2.75) is 30.0 Å². The average Bonchev–Trinajstić information content (AvgIpc) is 2.98. The Labute approximate surface area is 119 Å². The van der Waals surface area contributed by atoms with Crippen LogP contribution in [0.15, 0.2) is 16.0 Å². The molecule has 1 amide bonds. The Kier molecular flexibility index (Phi) is 5.40. The highest BCUT2D eigenvalue weighted by Gasteiger charge is 2.07. The second-order valence-electron chi connectivity index (χ2n) is 4.02. The molecule has 0 aliphatic heterocycles. The van der Waals surface area contributed by atoms with Crippen LogP contribution >= 0.6 is 35.3 Å². The van der Waals surface area contributed by atoms with Crippen molar-refractivity contribution in [2.75, 3.05) is 12.3 Å². The van der Waals surface area contributed by atoms with E-state index in [1.54, 1.807) is 0 Å². The predicted octanol–water partition coefficient (Wildman–Crippen LogP) is 2.91. The lowest BCUT2D eigenvalue weighted by molar-refractivity contribution is -0.118. The van der Waals surface area contributed by atoms with Gasteiger partial charge in [-0.15, -0.1) is 0 Å². The number of allylic oxidation sites excluding steroid dienone is 1. The Morgan fingerprint density at radius 1 is 1.67 bits per heavy atom. The number of carbonyl (C=O) groups is 1. The van der Waals surface area contributed by atoms with E-state index in [1.165, 1.54) is 47.9 Å². The first-order valence-corrected chi connectivity index (χ1v) is 8.08. The molecule has 98 valence electrons. The zero-order valence-electron chi connectivity index (χ0n) is 9.90. The van der Waals surface area contributed by atoms with Crippen LogP contribution in [0, 0.1) is 3.95 Å². The second kappa shape index (κ2) is 7.06. The lowest BCUT2D eigenvalue weighted by Gasteiger charge is -2.04. The minimum absolute atomic E-state index is 0.0553. The van der Waals surface area contributed by atoms with Crippen LogP contribution in [0.2, 0.25) is 0 Å². The standard InChI is InChI=1S/C11H15N3OS3/c15-9(7-17-11-14-13-10(16)18-11)12-6-5-8-3-1-2-4-8/h3H,1-2,4-7H2,(H,12,15)(H,13,16). The fourth-order valence-corrected chi connectivity index (χ4v) is 3.69. The molecule has 0 aromatic carbocycles. The summed E-state index contributed by atoms with van der Waals surface area (Å²) in [5, 5.41) is 9.62. The van der Waals surface area contributed by atoms with E-state index in [2.05, 4.69) is 21.6 Å². The quantitative estimate of drug-likeness (QED) is 0.482. The van der Waals surface area contributed by atoms with E-state index in [9.17, 15) is 4.79 Å². The van der Waals surface area contributed by atoms with Crippen molar-refractivity contribution < 1.29 is 4.79 Å². The van der Waals surface area contributed by atoms with E-state index in [0.29, 0.717) is 9.71 Å². The van der Waals surface area contributed by atoms with Crippen molar-refractivity contribution in [1.82, 2.24) is 15.5 Å².